The molecule has 0 fully saturated rings. The predicted molar refractivity (Wildman–Crippen MR) is 74.2 cm³/mol. The Morgan fingerprint density at radius 2 is 2.20 bits per heavy atom. The summed E-state index contributed by atoms with van der Waals surface area (Å²) in [7, 11) is 0. The molecule has 2 heterocycles. The van der Waals surface area contributed by atoms with E-state index in [2.05, 4.69) is 15.2 Å². The zero-order chi connectivity index (χ0) is 14.7. The summed E-state index contributed by atoms with van der Waals surface area (Å²) in [6, 6.07) is 3.69. The van der Waals surface area contributed by atoms with Crippen LogP contribution in [0.25, 0.3) is 0 Å². The van der Waals surface area contributed by atoms with Gasteiger partial charge in [-0.15, -0.1) is 0 Å². The summed E-state index contributed by atoms with van der Waals surface area (Å²) >= 11 is 0. The predicted octanol–water partition coefficient (Wildman–Crippen LogP) is 2.05. The maximum absolute atomic E-state index is 8.79. The molecular formula is C13H17N5O2. The van der Waals surface area contributed by atoms with E-state index in [1.807, 2.05) is 20.8 Å². The first kappa shape index (κ1) is 13.9. The first-order valence-electron chi connectivity index (χ1n) is 6.19. The van der Waals surface area contributed by atoms with E-state index in [9.17, 15) is 0 Å². The van der Waals surface area contributed by atoms with E-state index in [1.165, 1.54) is 0 Å². The highest BCUT2D eigenvalue weighted by Gasteiger charge is 2.13. The molecule has 0 spiro atoms. The Bertz CT molecular complexity index is 633. The summed E-state index contributed by atoms with van der Waals surface area (Å²) in [6.45, 7) is 5.87. The number of ether oxygens (including phenoxy) is 1. The van der Waals surface area contributed by atoms with E-state index in [-0.39, 0.29) is 17.8 Å². The third-order valence-electron chi connectivity index (χ3n) is 2.70. The fourth-order valence-corrected chi connectivity index (χ4v) is 1.63. The highest BCUT2D eigenvalue weighted by molar-refractivity contribution is 5.99. The number of pyridine rings is 1. The minimum atomic E-state index is -0.0521. The summed E-state index contributed by atoms with van der Waals surface area (Å²) in [4.78, 5) is 4.26. The molecule has 3 N–H and O–H groups in total. The SMILES string of the molecule is Cc1ccc(/C(N)=N/O)c(Oc2cnn(C(C)C)c2)n1. The van der Waals surface area contributed by atoms with Crippen molar-refractivity contribution in [1.82, 2.24) is 14.8 Å². The van der Waals surface area contributed by atoms with Gasteiger partial charge in [0.2, 0.25) is 5.88 Å². The lowest BCUT2D eigenvalue weighted by atomic mass is 10.2. The van der Waals surface area contributed by atoms with Crippen molar-refractivity contribution in [2.45, 2.75) is 26.8 Å². The monoisotopic (exact) mass is 275 g/mol. The van der Waals surface area contributed by atoms with Crippen molar-refractivity contribution in [2.24, 2.45) is 10.9 Å². The van der Waals surface area contributed by atoms with Crippen LogP contribution in [-0.2, 0) is 0 Å². The molecule has 7 nitrogen and oxygen atoms in total. The lowest BCUT2D eigenvalue weighted by molar-refractivity contribution is 0.318. The molecule has 20 heavy (non-hydrogen) atoms. The highest BCUT2D eigenvalue weighted by Crippen LogP contribution is 2.24. The number of hydrogen-bond donors (Lipinski definition) is 2. The Labute approximate surface area is 116 Å². The maximum Gasteiger partial charge on any atom is 0.230 e. The standard InChI is InChI=1S/C13H17N5O2/c1-8(2)18-7-10(6-15-18)20-13-11(12(14)17-19)5-4-9(3)16-13/h4-8,19H,1-3H3,(H2,14,17). The zero-order valence-electron chi connectivity index (χ0n) is 11.6. The number of oxime groups is 1. The van der Waals surface area contributed by atoms with Crippen LogP contribution in [0.15, 0.2) is 29.7 Å². The number of aromatic nitrogens is 3. The molecule has 0 unspecified atom stereocenters. The lowest BCUT2D eigenvalue weighted by Gasteiger charge is -2.08. The second kappa shape index (κ2) is 5.60. The maximum atomic E-state index is 8.79. The Kier molecular flexibility index (Phi) is 3.88. The van der Waals surface area contributed by atoms with Crippen LogP contribution in [0.4, 0.5) is 0 Å². The summed E-state index contributed by atoms with van der Waals surface area (Å²) in [5.74, 6) is 0.774. The lowest BCUT2D eigenvalue weighted by Crippen LogP contribution is -2.15. The number of hydrogen-bond acceptors (Lipinski definition) is 5. The average molecular weight is 275 g/mol. The van der Waals surface area contributed by atoms with Crippen LogP contribution in [-0.4, -0.2) is 25.8 Å². The van der Waals surface area contributed by atoms with E-state index in [0.717, 1.165) is 5.69 Å². The van der Waals surface area contributed by atoms with Gasteiger partial charge in [-0.3, -0.25) is 4.68 Å². The molecule has 0 bridgehead atoms. The van der Waals surface area contributed by atoms with Crippen molar-refractivity contribution >= 4 is 5.84 Å². The molecule has 7 heteroatoms. The quantitative estimate of drug-likeness (QED) is 0.385. The van der Waals surface area contributed by atoms with Crippen molar-refractivity contribution in [2.75, 3.05) is 0 Å². The largest absolute Gasteiger partial charge is 0.435 e. The third-order valence-corrected chi connectivity index (χ3v) is 2.70. The first-order valence-corrected chi connectivity index (χ1v) is 6.19. The molecule has 0 saturated heterocycles. The smallest absolute Gasteiger partial charge is 0.230 e. The van der Waals surface area contributed by atoms with Gasteiger partial charge in [-0.25, -0.2) is 4.98 Å². The van der Waals surface area contributed by atoms with Gasteiger partial charge < -0.3 is 15.7 Å². The van der Waals surface area contributed by atoms with Gasteiger partial charge in [-0.05, 0) is 32.9 Å². The van der Waals surface area contributed by atoms with Gasteiger partial charge in [-0.1, -0.05) is 5.16 Å². The number of nitrogens with two attached hydrogens (primary N) is 1. The van der Waals surface area contributed by atoms with Gasteiger partial charge in [-0.2, -0.15) is 5.10 Å². The number of nitrogens with zero attached hydrogens (tertiary/aromatic N) is 4. The van der Waals surface area contributed by atoms with Crippen LogP contribution in [0.2, 0.25) is 0 Å². The van der Waals surface area contributed by atoms with Crippen LogP contribution < -0.4 is 10.5 Å². The third kappa shape index (κ3) is 2.87. The van der Waals surface area contributed by atoms with E-state index >= 15 is 0 Å². The molecule has 0 aliphatic carbocycles. The molecule has 2 rings (SSSR count). The van der Waals surface area contributed by atoms with Crippen LogP contribution in [0, 0.1) is 6.92 Å². The van der Waals surface area contributed by atoms with E-state index in [1.54, 1.807) is 29.2 Å². The van der Waals surface area contributed by atoms with Gasteiger partial charge in [0, 0.05) is 11.7 Å². The topological polar surface area (TPSA) is 98.5 Å². The summed E-state index contributed by atoms with van der Waals surface area (Å²) in [6.07, 6.45) is 3.37. The molecule has 0 amide bonds. The fourth-order valence-electron chi connectivity index (χ4n) is 1.63. The van der Waals surface area contributed by atoms with E-state index in [0.29, 0.717) is 11.3 Å². The summed E-state index contributed by atoms with van der Waals surface area (Å²) < 4.78 is 7.45. The average Bonchev–Trinajstić information content (AvgIpc) is 2.87. The highest BCUT2D eigenvalue weighted by atomic mass is 16.5. The molecule has 0 radical (unpaired) electrons. The Hall–Kier alpha value is -2.57. The first-order chi connectivity index (χ1) is 9.51. The van der Waals surface area contributed by atoms with Crippen molar-refractivity contribution in [1.29, 1.82) is 0 Å². The molecular weight excluding hydrogens is 258 g/mol. The Morgan fingerprint density at radius 3 is 2.80 bits per heavy atom. The second-order valence-corrected chi connectivity index (χ2v) is 4.64. The van der Waals surface area contributed by atoms with Crippen molar-refractivity contribution in [3.63, 3.8) is 0 Å². The van der Waals surface area contributed by atoms with Crippen molar-refractivity contribution in [3.8, 4) is 11.6 Å². The molecule has 2 aromatic rings. The van der Waals surface area contributed by atoms with Crippen LogP contribution in [0.5, 0.6) is 11.6 Å². The van der Waals surface area contributed by atoms with Crippen LogP contribution in [0.3, 0.4) is 0 Å². The van der Waals surface area contributed by atoms with Gasteiger partial charge in [0.25, 0.3) is 0 Å². The second-order valence-electron chi connectivity index (χ2n) is 4.64. The minimum absolute atomic E-state index is 0.0521. The molecule has 0 aliphatic rings. The summed E-state index contributed by atoms with van der Waals surface area (Å²) in [5.41, 5.74) is 6.81. The molecule has 0 atom stereocenters. The van der Waals surface area contributed by atoms with Crippen molar-refractivity contribution in [3.05, 3.63) is 35.8 Å². The van der Waals surface area contributed by atoms with Crippen molar-refractivity contribution < 1.29 is 9.94 Å². The van der Waals surface area contributed by atoms with Gasteiger partial charge >= 0.3 is 0 Å². The summed E-state index contributed by atoms with van der Waals surface area (Å²) in [5, 5.41) is 15.9. The molecule has 0 saturated carbocycles. The molecule has 2 aromatic heterocycles. The molecule has 0 aliphatic heterocycles. The number of rotatable bonds is 4. The van der Waals surface area contributed by atoms with E-state index in [4.69, 9.17) is 15.7 Å². The normalized spacial score (nSPS) is 11.9. The van der Waals surface area contributed by atoms with E-state index < -0.39 is 0 Å². The molecule has 106 valence electrons. The van der Waals surface area contributed by atoms with Gasteiger partial charge in [0.05, 0.1) is 18.0 Å². The Balaban J connectivity index is 2.34. The van der Waals surface area contributed by atoms with Crippen LogP contribution >= 0.6 is 0 Å². The number of amidine groups is 1. The van der Waals surface area contributed by atoms with Gasteiger partial charge in [0.15, 0.2) is 11.6 Å². The van der Waals surface area contributed by atoms with Crippen LogP contribution in [0.1, 0.15) is 31.1 Å². The number of aryl methyl sites for hydroxylation is 1. The van der Waals surface area contributed by atoms with Gasteiger partial charge in [0.1, 0.15) is 0 Å². The minimum Gasteiger partial charge on any atom is -0.435 e. The Morgan fingerprint density at radius 1 is 1.45 bits per heavy atom. The zero-order valence-corrected chi connectivity index (χ0v) is 11.6. The fraction of sp³-hybridized carbons (Fsp3) is 0.308. The molecule has 0 aromatic carbocycles.